The molecule has 1 rings (SSSR count). The lowest BCUT2D eigenvalue weighted by atomic mass is 10.5. The van der Waals surface area contributed by atoms with Crippen molar-refractivity contribution in [3.63, 3.8) is 0 Å². The molecule has 0 unspecified atom stereocenters. The monoisotopic (exact) mass is 159 g/mol. The van der Waals surface area contributed by atoms with Crippen LogP contribution >= 0.6 is 0 Å². The minimum absolute atomic E-state index is 0.799. The third-order valence-corrected chi connectivity index (χ3v) is 1.23. The molecular formula is C8H17NO2. The third kappa shape index (κ3) is 6.04. The molecule has 3 nitrogen and oxygen atoms in total. The molecule has 0 radical (unpaired) electrons. The largest absolute Gasteiger partial charge is 0.379 e. The number of rotatable bonds is 1. The van der Waals surface area contributed by atoms with E-state index in [-0.39, 0.29) is 0 Å². The van der Waals surface area contributed by atoms with Gasteiger partial charge in [-0.2, -0.15) is 5.06 Å². The highest BCUT2D eigenvalue weighted by Gasteiger charge is 2.07. The topological polar surface area (TPSA) is 21.7 Å². The quantitative estimate of drug-likeness (QED) is 0.534. The molecule has 1 fully saturated rings. The summed E-state index contributed by atoms with van der Waals surface area (Å²) in [7, 11) is 1.69. The number of nitrogens with zero attached hydrogens (tertiary/aromatic N) is 1. The predicted molar refractivity (Wildman–Crippen MR) is 45.3 cm³/mol. The van der Waals surface area contributed by atoms with Crippen LogP contribution in [0.15, 0.2) is 12.7 Å². The van der Waals surface area contributed by atoms with Gasteiger partial charge in [0.25, 0.3) is 0 Å². The molecule has 1 heterocycles. The number of hydrogen-bond acceptors (Lipinski definition) is 3. The molecule has 0 bridgehead atoms. The molecule has 0 aromatic rings. The summed E-state index contributed by atoms with van der Waals surface area (Å²) in [5, 5.41) is 1.89. The van der Waals surface area contributed by atoms with Gasteiger partial charge in [0, 0.05) is 13.1 Å². The maximum atomic E-state index is 5.08. The van der Waals surface area contributed by atoms with Crippen LogP contribution in [-0.4, -0.2) is 38.5 Å². The first kappa shape index (κ1) is 10.6. The van der Waals surface area contributed by atoms with Gasteiger partial charge < -0.3 is 9.57 Å². The number of morpholine rings is 1. The van der Waals surface area contributed by atoms with Crippen LogP contribution in [0.3, 0.4) is 0 Å². The maximum Gasteiger partial charge on any atom is 0.0617 e. The molecule has 1 aliphatic rings. The zero-order valence-electron chi connectivity index (χ0n) is 7.38. The van der Waals surface area contributed by atoms with Crippen LogP contribution in [0.5, 0.6) is 0 Å². The van der Waals surface area contributed by atoms with Crippen molar-refractivity contribution in [3.8, 4) is 0 Å². The van der Waals surface area contributed by atoms with E-state index in [1.165, 1.54) is 0 Å². The van der Waals surface area contributed by atoms with Crippen molar-refractivity contribution in [2.24, 2.45) is 0 Å². The lowest BCUT2D eigenvalue weighted by molar-refractivity contribution is -0.171. The zero-order valence-corrected chi connectivity index (χ0v) is 7.38. The average Bonchev–Trinajstić information content (AvgIpc) is 2.08. The molecule has 0 aromatic heterocycles. The normalized spacial score (nSPS) is 18.4. The molecular weight excluding hydrogens is 142 g/mol. The lowest BCUT2D eigenvalue weighted by Crippen LogP contribution is -2.35. The van der Waals surface area contributed by atoms with Gasteiger partial charge in [0.2, 0.25) is 0 Å². The summed E-state index contributed by atoms with van der Waals surface area (Å²) in [6.07, 6.45) is 1.75. The summed E-state index contributed by atoms with van der Waals surface area (Å²) in [5.41, 5.74) is 0. The molecule has 0 aromatic carbocycles. The Hall–Kier alpha value is -0.380. The van der Waals surface area contributed by atoms with Gasteiger partial charge in [0.15, 0.2) is 0 Å². The van der Waals surface area contributed by atoms with E-state index in [2.05, 4.69) is 6.58 Å². The van der Waals surface area contributed by atoms with Crippen LogP contribution < -0.4 is 0 Å². The van der Waals surface area contributed by atoms with E-state index in [1.807, 2.05) is 12.0 Å². The Kier molecular flexibility index (Phi) is 7.46. The molecule has 0 amide bonds. The molecule has 0 aliphatic carbocycles. The van der Waals surface area contributed by atoms with Crippen molar-refractivity contribution in [1.82, 2.24) is 5.06 Å². The van der Waals surface area contributed by atoms with Crippen LogP contribution in [0.4, 0.5) is 0 Å². The second-order valence-electron chi connectivity index (χ2n) is 2.13. The van der Waals surface area contributed by atoms with Crippen molar-refractivity contribution in [2.45, 2.75) is 6.92 Å². The second kappa shape index (κ2) is 7.72. The highest BCUT2D eigenvalue weighted by molar-refractivity contribution is 4.51. The van der Waals surface area contributed by atoms with Gasteiger partial charge in [0.1, 0.15) is 0 Å². The summed E-state index contributed by atoms with van der Waals surface area (Å²) in [5.74, 6) is 0. The van der Waals surface area contributed by atoms with Crippen molar-refractivity contribution < 1.29 is 9.57 Å². The van der Waals surface area contributed by atoms with Crippen LogP contribution in [0, 0.1) is 0 Å². The Morgan fingerprint density at radius 2 is 1.91 bits per heavy atom. The van der Waals surface area contributed by atoms with Gasteiger partial charge in [-0.05, 0) is 6.92 Å². The van der Waals surface area contributed by atoms with Crippen LogP contribution in [0.25, 0.3) is 0 Å². The van der Waals surface area contributed by atoms with Gasteiger partial charge in [-0.3, -0.25) is 0 Å². The van der Waals surface area contributed by atoms with E-state index in [1.54, 1.807) is 13.2 Å². The fourth-order valence-electron chi connectivity index (χ4n) is 0.729. The Morgan fingerprint density at radius 3 is 2.18 bits per heavy atom. The van der Waals surface area contributed by atoms with Gasteiger partial charge in [-0.15, -0.1) is 6.58 Å². The van der Waals surface area contributed by atoms with Crippen LogP contribution in [0.1, 0.15) is 6.92 Å². The summed E-state index contributed by atoms with van der Waals surface area (Å²) in [4.78, 5) is 4.94. The number of hydrogen-bond donors (Lipinski definition) is 0. The predicted octanol–water partition coefficient (Wildman–Crippen LogP) is 1.07. The van der Waals surface area contributed by atoms with E-state index < -0.39 is 0 Å². The Labute approximate surface area is 68.5 Å². The van der Waals surface area contributed by atoms with Gasteiger partial charge in [0.05, 0.1) is 20.3 Å². The summed E-state index contributed by atoms with van der Waals surface area (Å²) >= 11 is 0. The van der Waals surface area contributed by atoms with E-state index >= 15 is 0 Å². The van der Waals surface area contributed by atoms with Crippen LogP contribution in [0.2, 0.25) is 0 Å². The number of ether oxygens (including phenoxy) is 1. The minimum atomic E-state index is 0.799. The minimum Gasteiger partial charge on any atom is -0.379 e. The highest BCUT2D eigenvalue weighted by Crippen LogP contribution is 1.94. The number of allylic oxidation sites excluding steroid dienone is 1. The van der Waals surface area contributed by atoms with Crippen molar-refractivity contribution in [2.75, 3.05) is 33.4 Å². The fourth-order valence-corrected chi connectivity index (χ4v) is 0.729. The second-order valence-corrected chi connectivity index (χ2v) is 2.13. The Balaban J connectivity index is 0.000000292. The van der Waals surface area contributed by atoms with Crippen molar-refractivity contribution in [1.29, 1.82) is 0 Å². The van der Waals surface area contributed by atoms with Crippen LogP contribution in [-0.2, 0) is 9.57 Å². The summed E-state index contributed by atoms with van der Waals surface area (Å²) in [6.45, 7) is 8.65. The van der Waals surface area contributed by atoms with E-state index in [9.17, 15) is 0 Å². The van der Waals surface area contributed by atoms with E-state index in [4.69, 9.17) is 9.57 Å². The zero-order chi connectivity index (χ0) is 8.53. The fraction of sp³-hybridized carbons (Fsp3) is 0.750. The summed E-state index contributed by atoms with van der Waals surface area (Å²) < 4.78 is 5.08. The first-order valence-electron chi connectivity index (χ1n) is 3.79. The first-order valence-corrected chi connectivity index (χ1v) is 3.79. The standard InChI is InChI=1S/C5H11NO2.C3H6/c1-7-6-2-4-8-5-3-6;1-3-2/h2-5H2,1H3;3H,1H2,2H3. The molecule has 66 valence electrons. The van der Waals surface area contributed by atoms with Gasteiger partial charge in [-0.25, -0.2) is 0 Å². The molecule has 0 atom stereocenters. The molecule has 1 saturated heterocycles. The molecule has 0 spiro atoms. The van der Waals surface area contributed by atoms with Gasteiger partial charge >= 0.3 is 0 Å². The average molecular weight is 159 g/mol. The maximum absolute atomic E-state index is 5.08. The molecule has 11 heavy (non-hydrogen) atoms. The molecule has 1 aliphatic heterocycles. The third-order valence-electron chi connectivity index (χ3n) is 1.23. The smallest absolute Gasteiger partial charge is 0.0617 e. The van der Waals surface area contributed by atoms with Crippen molar-refractivity contribution >= 4 is 0 Å². The molecule has 0 saturated carbocycles. The molecule has 3 heteroatoms. The number of hydroxylamine groups is 2. The highest BCUT2D eigenvalue weighted by atomic mass is 16.7. The summed E-state index contributed by atoms with van der Waals surface area (Å²) in [6, 6.07) is 0. The lowest BCUT2D eigenvalue weighted by Gasteiger charge is -2.23. The van der Waals surface area contributed by atoms with Gasteiger partial charge in [-0.1, -0.05) is 6.08 Å². The SMILES string of the molecule is C=CC.CON1CCOCC1. The van der Waals surface area contributed by atoms with Crippen molar-refractivity contribution in [3.05, 3.63) is 12.7 Å². The van der Waals surface area contributed by atoms with E-state index in [0.717, 1.165) is 26.3 Å². The Bertz CT molecular complexity index is 90.1. The Morgan fingerprint density at radius 1 is 1.45 bits per heavy atom. The molecule has 0 N–H and O–H groups in total. The van der Waals surface area contributed by atoms with E-state index in [0.29, 0.717) is 0 Å². The first-order chi connectivity index (χ1) is 5.35.